The standard InChI is InChI=1S/C50H63N5O10S/c1-13-34-27(5)40-23-43-35(14-2)26(4)39(52-43)22-41-28(6)36(46(54-41)29(7)38-20-25(3)37(51-38)21-42(34)53-40)16-17-45(60)55(12)18-15-19-66-50-49(64-33(11)59)48(63-32(10)58)47(62-31(9)57)44(65-50)24-61-30(8)56/h14,20-23,28,36,44,47-50,52-53H,2,13,15-19,24H2,1,3-12H3/t28-,36-,44+,47+,48-,49-,50-/m0/s1. The van der Waals surface area contributed by atoms with Crippen molar-refractivity contribution in [1.29, 1.82) is 0 Å². The number of aromatic nitrogens is 4. The summed E-state index contributed by atoms with van der Waals surface area (Å²) < 4.78 is 28.1. The summed E-state index contributed by atoms with van der Waals surface area (Å²) in [6, 6.07) is 6.43. The van der Waals surface area contributed by atoms with Gasteiger partial charge in [0.15, 0.2) is 18.3 Å². The third-order valence-corrected chi connectivity index (χ3v) is 13.9. The van der Waals surface area contributed by atoms with Crippen molar-refractivity contribution in [2.75, 3.05) is 26.0 Å². The molecule has 3 aliphatic heterocycles. The monoisotopic (exact) mass is 925 g/mol. The van der Waals surface area contributed by atoms with Crippen molar-refractivity contribution in [3.63, 3.8) is 0 Å². The number of rotatable bonds is 15. The molecule has 16 heteroatoms. The molecule has 7 atom stereocenters. The maximum Gasteiger partial charge on any atom is 0.303 e. The number of thioether (sulfide) groups is 1. The highest BCUT2D eigenvalue weighted by Crippen LogP contribution is 2.42. The van der Waals surface area contributed by atoms with Crippen molar-refractivity contribution in [3.8, 4) is 0 Å². The second kappa shape index (κ2) is 21.3. The number of allylic oxidation sites excluding steroid dienone is 1. The Morgan fingerprint density at radius 3 is 2.14 bits per heavy atom. The molecule has 1 amide bonds. The molecule has 3 aliphatic rings. The number of esters is 4. The minimum Gasteiger partial charge on any atom is -0.463 e. The fraction of sp³-hybridized carbons (Fsp3) is 0.500. The first-order valence-corrected chi connectivity index (χ1v) is 23.6. The van der Waals surface area contributed by atoms with Gasteiger partial charge in [0.05, 0.1) is 11.4 Å². The van der Waals surface area contributed by atoms with E-state index in [-0.39, 0.29) is 24.3 Å². The molecule has 0 unspecified atom stereocenters. The maximum absolute atomic E-state index is 13.8. The van der Waals surface area contributed by atoms with Crippen LogP contribution in [0.4, 0.5) is 0 Å². The minimum absolute atomic E-state index is 0.00558. The number of aromatic amines is 2. The largest absolute Gasteiger partial charge is 0.463 e. The lowest BCUT2D eigenvalue weighted by Crippen LogP contribution is -2.61. The van der Waals surface area contributed by atoms with Crippen LogP contribution in [-0.4, -0.2) is 110 Å². The van der Waals surface area contributed by atoms with Gasteiger partial charge in [0, 0.05) is 98.6 Å². The predicted octanol–water partition coefficient (Wildman–Crippen LogP) is 8.34. The SMILES string of the molecule is C=Cc1c(C)c2cc3nc(c(C)c4nc(cc5[nH]c(cc1[nH]2)c(C)c5CC)C(C)=C4)[C@@H](CCC(=O)N(C)CCCS[C@@H]1O[C@H](COC(C)=O)[C@@H](OC(C)=O)[C@H](OC(C)=O)[C@@H]1OC(C)=O)[C@@H]3C. The minimum atomic E-state index is -1.24. The van der Waals surface area contributed by atoms with E-state index in [1.807, 2.05) is 6.08 Å². The lowest BCUT2D eigenvalue weighted by atomic mass is 9.85. The molecule has 3 aromatic rings. The molecule has 3 aromatic heterocycles. The predicted molar refractivity (Wildman–Crippen MR) is 255 cm³/mol. The molecule has 0 saturated carbocycles. The Morgan fingerprint density at radius 1 is 0.833 bits per heavy atom. The van der Waals surface area contributed by atoms with Crippen LogP contribution >= 0.6 is 11.8 Å². The molecular formula is C50H63N5O10S. The highest BCUT2D eigenvalue weighted by Gasteiger charge is 2.52. The highest BCUT2D eigenvalue weighted by molar-refractivity contribution is 7.99. The second-order valence-electron chi connectivity index (χ2n) is 17.3. The van der Waals surface area contributed by atoms with E-state index in [1.165, 1.54) is 50.6 Å². The van der Waals surface area contributed by atoms with Crippen LogP contribution in [0.15, 0.2) is 24.8 Å². The van der Waals surface area contributed by atoms with Crippen LogP contribution in [0.25, 0.3) is 39.8 Å². The van der Waals surface area contributed by atoms with Gasteiger partial charge < -0.3 is 38.6 Å². The zero-order chi connectivity index (χ0) is 48.1. The number of hydrogen-bond donors (Lipinski definition) is 2. The number of fused-ring (bicyclic) bond motifs is 8. The third-order valence-electron chi connectivity index (χ3n) is 12.6. The first-order chi connectivity index (χ1) is 31.3. The molecule has 0 aromatic carbocycles. The van der Waals surface area contributed by atoms with E-state index in [0.717, 1.165) is 73.5 Å². The first-order valence-electron chi connectivity index (χ1n) is 22.5. The molecule has 1 fully saturated rings. The normalized spacial score (nSPS) is 21.4. The summed E-state index contributed by atoms with van der Waals surface area (Å²) in [6.07, 6.45) is 1.64. The van der Waals surface area contributed by atoms with E-state index in [1.54, 1.807) is 11.9 Å². The number of carbonyl (C=O) groups excluding carboxylic acids is 5. The topological polar surface area (TPSA) is 192 Å². The Hall–Kier alpha value is -5.74. The average Bonchev–Trinajstić information content (AvgIpc) is 3.96. The summed E-state index contributed by atoms with van der Waals surface area (Å²) in [5.41, 5.74) is 13.3. The summed E-state index contributed by atoms with van der Waals surface area (Å²) >= 11 is 1.29. The second-order valence-corrected chi connectivity index (χ2v) is 18.5. The fourth-order valence-corrected chi connectivity index (χ4v) is 10.3. The molecular weight excluding hydrogens is 863 g/mol. The van der Waals surface area contributed by atoms with Crippen LogP contribution in [0.2, 0.25) is 0 Å². The molecule has 6 rings (SSSR count). The number of hydrogen-bond acceptors (Lipinski definition) is 13. The number of nitrogens with one attached hydrogen (secondary N) is 2. The first kappa shape index (κ1) is 49.7. The zero-order valence-corrected chi connectivity index (χ0v) is 40.7. The van der Waals surface area contributed by atoms with Crippen molar-refractivity contribution >= 4 is 81.3 Å². The Labute approximate surface area is 390 Å². The van der Waals surface area contributed by atoms with Crippen LogP contribution in [0.3, 0.4) is 0 Å². The van der Waals surface area contributed by atoms with Gasteiger partial charge in [-0.05, 0) is 105 Å². The summed E-state index contributed by atoms with van der Waals surface area (Å²) in [4.78, 5) is 81.7. The van der Waals surface area contributed by atoms with Gasteiger partial charge in [-0.1, -0.05) is 26.5 Å². The summed E-state index contributed by atoms with van der Waals surface area (Å²) in [7, 11) is 1.77. The van der Waals surface area contributed by atoms with Gasteiger partial charge in [-0.2, -0.15) is 0 Å². The highest BCUT2D eigenvalue weighted by atomic mass is 32.2. The number of carbonyl (C=O) groups is 5. The van der Waals surface area contributed by atoms with Crippen LogP contribution in [0.1, 0.15) is 130 Å². The maximum atomic E-state index is 13.8. The van der Waals surface area contributed by atoms with Gasteiger partial charge in [-0.3, -0.25) is 29.0 Å². The smallest absolute Gasteiger partial charge is 0.303 e. The van der Waals surface area contributed by atoms with Gasteiger partial charge in [0.2, 0.25) is 5.91 Å². The molecule has 354 valence electrons. The van der Waals surface area contributed by atoms with Crippen LogP contribution < -0.4 is 0 Å². The lowest BCUT2D eigenvalue weighted by Gasteiger charge is -2.44. The van der Waals surface area contributed by atoms with Gasteiger partial charge >= 0.3 is 23.9 Å². The van der Waals surface area contributed by atoms with Crippen LogP contribution in [-0.2, 0) is 54.1 Å². The van der Waals surface area contributed by atoms with Crippen molar-refractivity contribution in [3.05, 3.63) is 75.4 Å². The van der Waals surface area contributed by atoms with Crippen LogP contribution in [0.5, 0.6) is 0 Å². The third kappa shape index (κ3) is 11.1. The number of nitrogens with zero attached hydrogens (tertiary/aromatic N) is 3. The number of ether oxygens (including phenoxy) is 5. The zero-order valence-electron chi connectivity index (χ0n) is 39.9. The molecule has 66 heavy (non-hydrogen) atoms. The van der Waals surface area contributed by atoms with Crippen LogP contribution in [0, 0.1) is 20.8 Å². The Bertz CT molecular complexity index is 2600. The van der Waals surface area contributed by atoms with Crippen molar-refractivity contribution in [1.82, 2.24) is 24.8 Å². The summed E-state index contributed by atoms with van der Waals surface area (Å²) in [5, 5.41) is 0. The Balaban J connectivity index is 1.22. The lowest BCUT2D eigenvalue weighted by molar-refractivity contribution is -0.237. The van der Waals surface area contributed by atoms with E-state index >= 15 is 0 Å². The summed E-state index contributed by atoms with van der Waals surface area (Å²) in [6.45, 7) is 21.8. The number of amides is 1. The van der Waals surface area contributed by atoms with E-state index in [2.05, 4.69) is 82.4 Å². The molecule has 0 aliphatic carbocycles. The van der Waals surface area contributed by atoms with E-state index in [4.69, 9.17) is 33.7 Å². The molecule has 2 N–H and O–H groups in total. The quantitative estimate of drug-likeness (QED) is 0.0841. The number of H-pyrrole nitrogens is 2. The average molecular weight is 926 g/mol. The van der Waals surface area contributed by atoms with E-state index in [0.29, 0.717) is 31.6 Å². The summed E-state index contributed by atoms with van der Waals surface area (Å²) in [5.74, 6) is -2.25. The van der Waals surface area contributed by atoms with E-state index in [9.17, 15) is 24.0 Å². The van der Waals surface area contributed by atoms with Crippen molar-refractivity contribution in [2.45, 2.75) is 137 Å². The van der Waals surface area contributed by atoms with Crippen molar-refractivity contribution in [2.24, 2.45) is 0 Å². The molecule has 0 radical (unpaired) electrons. The molecule has 6 heterocycles. The van der Waals surface area contributed by atoms with Gasteiger partial charge in [-0.15, -0.1) is 11.8 Å². The molecule has 1 saturated heterocycles. The van der Waals surface area contributed by atoms with Gasteiger partial charge in [-0.25, -0.2) is 4.98 Å². The Kier molecular flexibility index (Phi) is 16.0. The van der Waals surface area contributed by atoms with Crippen molar-refractivity contribution < 1.29 is 47.7 Å². The number of aryl methyl sites for hydroxylation is 3. The van der Waals surface area contributed by atoms with Gasteiger partial charge in [0.25, 0.3) is 0 Å². The molecule has 15 nitrogen and oxygen atoms in total. The van der Waals surface area contributed by atoms with E-state index < -0.39 is 53.7 Å². The fourth-order valence-electron chi connectivity index (χ4n) is 9.10. The molecule has 0 spiro atoms. The molecule has 8 bridgehead atoms. The van der Waals surface area contributed by atoms with Gasteiger partial charge in [0.1, 0.15) is 18.1 Å². The Morgan fingerprint density at radius 2 is 1.48 bits per heavy atom.